The van der Waals surface area contributed by atoms with Crippen LogP contribution >= 0.6 is 0 Å². The summed E-state index contributed by atoms with van der Waals surface area (Å²) < 4.78 is 0. The van der Waals surface area contributed by atoms with E-state index in [2.05, 4.69) is 15.3 Å². The van der Waals surface area contributed by atoms with Crippen LogP contribution < -0.4 is 15.1 Å². The highest BCUT2D eigenvalue weighted by molar-refractivity contribution is 6.13. The zero-order valence-corrected chi connectivity index (χ0v) is 14.5. The second kappa shape index (κ2) is 6.64. The van der Waals surface area contributed by atoms with Crippen molar-refractivity contribution in [1.82, 2.24) is 9.97 Å². The van der Waals surface area contributed by atoms with Crippen molar-refractivity contribution < 1.29 is 4.79 Å². The number of nitrogens with one attached hydrogen (secondary N) is 1. The molecule has 0 bridgehead atoms. The lowest BCUT2D eigenvalue weighted by molar-refractivity contribution is 0.0994. The van der Waals surface area contributed by atoms with Crippen molar-refractivity contribution in [3.05, 3.63) is 35.5 Å². The molecule has 6 nitrogen and oxygen atoms in total. The number of amides is 1. The molecule has 1 amide bonds. The van der Waals surface area contributed by atoms with E-state index in [9.17, 15) is 4.79 Å². The Bertz CT molecular complexity index is 729. The Morgan fingerprint density at radius 3 is 2.35 bits per heavy atom. The van der Waals surface area contributed by atoms with Crippen LogP contribution in [0.15, 0.2) is 24.3 Å². The molecule has 0 fully saturated rings. The number of carbonyl (C=O) groups excluding carboxylic acids is 1. The molecule has 0 spiro atoms. The first-order valence-corrected chi connectivity index (χ1v) is 7.71. The maximum atomic E-state index is 12.7. The molecule has 0 saturated heterocycles. The highest BCUT2D eigenvalue weighted by Gasteiger charge is 2.30. The largest absolute Gasteiger partial charge is 0.357 e. The molecule has 0 atom stereocenters. The van der Waals surface area contributed by atoms with Gasteiger partial charge in [0.2, 0.25) is 5.95 Å². The van der Waals surface area contributed by atoms with Crippen LogP contribution in [0.2, 0.25) is 0 Å². The van der Waals surface area contributed by atoms with Gasteiger partial charge in [0.15, 0.2) is 5.82 Å². The number of hydrogen-bond donors (Lipinski definition) is 1. The van der Waals surface area contributed by atoms with Crippen LogP contribution in [0.4, 0.5) is 23.1 Å². The maximum Gasteiger partial charge on any atom is 0.260 e. The molecule has 1 aliphatic heterocycles. The maximum absolute atomic E-state index is 12.7. The molecule has 122 valence electrons. The second-order valence-corrected chi connectivity index (χ2v) is 5.00. The lowest BCUT2D eigenvalue weighted by Gasteiger charge is -2.22. The summed E-state index contributed by atoms with van der Waals surface area (Å²) in [5.41, 5.74) is 3.00. The van der Waals surface area contributed by atoms with Crippen molar-refractivity contribution in [2.75, 3.05) is 36.3 Å². The first-order chi connectivity index (χ1) is 11.0. The zero-order chi connectivity index (χ0) is 17.1. The number of aryl methyl sites for hydroxylation is 1. The summed E-state index contributed by atoms with van der Waals surface area (Å²) in [7, 11) is 5.45. The summed E-state index contributed by atoms with van der Waals surface area (Å²) in [5.74, 6) is 1.20. The Kier molecular flexibility index (Phi) is 4.83. The first-order valence-electron chi connectivity index (χ1n) is 7.71. The van der Waals surface area contributed by atoms with E-state index in [0.717, 1.165) is 17.1 Å². The van der Waals surface area contributed by atoms with Gasteiger partial charge in [-0.25, -0.2) is 4.98 Å². The smallest absolute Gasteiger partial charge is 0.260 e. The molecule has 0 unspecified atom stereocenters. The van der Waals surface area contributed by atoms with E-state index < -0.39 is 0 Å². The fraction of sp³-hybridized carbons (Fsp3) is 0.353. The molecule has 1 aliphatic rings. The Hall–Kier alpha value is -2.63. The van der Waals surface area contributed by atoms with E-state index >= 15 is 0 Å². The van der Waals surface area contributed by atoms with Gasteiger partial charge in [-0.2, -0.15) is 4.98 Å². The number of nitrogens with zero attached hydrogens (tertiary/aromatic N) is 4. The van der Waals surface area contributed by atoms with E-state index in [1.165, 1.54) is 0 Å². The summed E-state index contributed by atoms with van der Waals surface area (Å²) in [6.45, 7) is 5.88. The molecule has 1 aromatic heterocycles. The third kappa shape index (κ3) is 2.72. The number of fused-ring (bicyclic) bond motifs is 2. The molecule has 6 heteroatoms. The van der Waals surface area contributed by atoms with Gasteiger partial charge < -0.3 is 15.1 Å². The highest BCUT2D eigenvalue weighted by atomic mass is 16.2. The number of hydrogen-bond acceptors (Lipinski definition) is 5. The Morgan fingerprint density at radius 1 is 1.04 bits per heavy atom. The third-order valence-corrected chi connectivity index (χ3v) is 3.72. The minimum atomic E-state index is -0.0555. The lowest BCUT2D eigenvalue weighted by atomic mass is 10.1. The van der Waals surface area contributed by atoms with E-state index in [0.29, 0.717) is 17.3 Å². The van der Waals surface area contributed by atoms with Gasteiger partial charge in [-0.05, 0) is 19.1 Å². The fourth-order valence-electron chi connectivity index (χ4n) is 2.63. The molecule has 1 aromatic carbocycles. The third-order valence-electron chi connectivity index (χ3n) is 3.72. The van der Waals surface area contributed by atoms with Gasteiger partial charge in [0, 0.05) is 21.1 Å². The minimum Gasteiger partial charge on any atom is -0.357 e. The molecule has 2 aromatic rings. The number of para-hydroxylation sites is 1. The van der Waals surface area contributed by atoms with Crippen molar-refractivity contribution in [3.8, 4) is 0 Å². The number of benzene rings is 1. The van der Waals surface area contributed by atoms with Gasteiger partial charge in [0.05, 0.1) is 16.9 Å². The number of aromatic nitrogens is 2. The Labute approximate surface area is 137 Å². The van der Waals surface area contributed by atoms with Gasteiger partial charge in [-0.3, -0.25) is 4.79 Å². The molecule has 0 aliphatic carbocycles. The standard InChI is InChI=1S/C15H17N5O.C2H6/c1-9-12-13(18-15(16-2)17-9)19(3)11-8-6-5-7-10(11)14(21)20(12)4;1-2/h5-8H,1-4H3,(H,16,17,18);1-2H3. The highest BCUT2D eigenvalue weighted by Crippen LogP contribution is 2.39. The predicted octanol–water partition coefficient (Wildman–Crippen LogP) is 3.21. The molecule has 23 heavy (non-hydrogen) atoms. The van der Waals surface area contributed by atoms with Crippen LogP contribution in [0.25, 0.3) is 0 Å². The van der Waals surface area contributed by atoms with Crippen molar-refractivity contribution in [2.24, 2.45) is 0 Å². The molecular formula is C17H23N5O. The van der Waals surface area contributed by atoms with Gasteiger partial charge in [0.25, 0.3) is 5.91 Å². The van der Waals surface area contributed by atoms with Gasteiger partial charge in [-0.15, -0.1) is 0 Å². The van der Waals surface area contributed by atoms with Crippen LogP contribution in [0, 0.1) is 6.92 Å². The predicted molar refractivity (Wildman–Crippen MR) is 94.9 cm³/mol. The molecule has 0 saturated carbocycles. The average Bonchev–Trinajstić information content (AvgIpc) is 2.67. The Balaban J connectivity index is 0.000000924. The van der Waals surface area contributed by atoms with E-state index in [1.54, 1.807) is 19.0 Å². The molecule has 0 radical (unpaired) electrons. The summed E-state index contributed by atoms with van der Waals surface area (Å²) in [6, 6.07) is 7.54. The van der Waals surface area contributed by atoms with Crippen LogP contribution in [-0.2, 0) is 0 Å². The second-order valence-electron chi connectivity index (χ2n) is 5.00. The fourth-order valence-corrected chi connectivity index (χ4v) is 2.63. The van der Waals surface area contributed by atoms with Crippen molar-refractivity contribution in [3.63, 3.8) is 0 Å². The monoisotopic (exact) mass is 313 g/mol. The normalized spacial score (nSPS) is 12.7. The van der Waals surface area contributed by atoms with Gasteiger partial charge in [-0.1, -0.05) is 26.0 Å². The van der Waals surface area contributed by atoms with Crippen molar-refractivity contribution in [2.45, 2.75) is 20.8 Å². The van der Waals surface area contributed by atoms with Crippen LogP contribution in [0.3, 0.4) is 0 Å². The summed E-state index contributed by atoms with van der Waals surface area (Å²) in [5, 5.41) is 2.96. The first kappa shape index (κ1) is 16.7. The quantitative estimate of drug-likeness (QED) is 0.876. The number of rotatable bonds is 1. The zero-order valence-electron chi connectivity index (χ0n) is 14.5. The topological polar surface area (TPSA) is 61.4 Å². The van der Waals surface area contributed by atoms with E-state index in [1.807, 2.05) is 57.0 Å². The van der Waals surface area contributed by atoms with Crippen molar-refractivity contribution >= 4 is 29.0 Å². The van der Waals surface area contributed by atoms with Crippen LogP contribution in [0.5, 0.6) is 0 Å². The van der Waals surface area contributed by atoms with E-state index in [4.69, 9.17) is 0 Å². The SMILES string of the molecule is CC.CNc1nc(C)c2c(n1)N(C)c1ccccc1C(=O)N2C. The minimum absolute atomic E-state index is 0.0555. The summed E-state index contributed by atoms with van der Waals surface area (Å²) in [4.78, 5) is 25.1. The van der Waals surface area contributed by atoms with Crippen LogP contribution in [-0.4, -0.2) is 37.0 Å². The number of anilines is 4. The van der Waals surface area contributed by atoms with Gasteiger partial charge >= 0.3 is 0 Å². The molecule has 1 N–H and O–H groups in total. The Morgan fingerprint density at radius 2 is 1.70 bits per heavy atom. The molecular weight excluding hydrogens is 290 g/mol. The average molecular weight is 313 g/mol. The lowest BCUT2D eigenvalue weighted by Crippen LogP contribution is -2.26. The molecule has 3 rings (SSSR count). The summed E-state index contributed by atoms with van der Waals surface area (Å²) >= 11 is 0. The van der Waals surface area contributed by atoms with Crippen molar-refractivity contribution in [1.29, 1.82) is 0 Å². The summed E-state index contributed by atoms with van der Waals surface area (Å²) in [6.07, 6.45) is 0. The van der Waals surface area contributed by atoms with Gasteiger partial charge in [0.1, 0.15) is 5.69 Å². The van der Waals surface area contributed by atoms with E-state index in [-0.39, 0.29) is 5.91 Å². The van der Waals surface area contributed by atoms with Crippen LogP contribution in [0.1, 0.15) is 29.9 Å². The number of carbonyl (C=O) groups is 1. The molecule has 2 heterocycles.